The molecule has 0 aliphatic heterocycles. The third kappa shape index (κ3) is 5.13. The summed E-state index contributed by atoms with van der Waals surface area (Å²) in [5.41, 5.74) is 0.904. The van der Waals surface area contributed by atoms with Crippen molar-refractivity contribution in [1.29, 1.82) is 0 Å². The Morgan fingerprint density at radius 2 is 1.69 bits per heavy atom. The lowest BCUT2D eigenvalue weighted by Crippen LogP contribution is -2.53. The van der Waals surface area contributed by atoms with Gasteiger partial charge in [-0.25, -0.2) is 0 Å². The van der Waals surface area contributed by atoms with Gasteiger partial charge in [-0.15, -0.1) is 11.3 Å². The topological polar surface area (TPSA) is 93.1 Å². The summed E-state index contributed by atoms with van der Waals surface area (Å²) in [5.74, 6) is -0.345. The van der Waals surface area contributed by atoms with Crippen molar-refractivity contribution in [3.8, 4) is 5.69 Å². The Kier molecular flexibility index (Phi) is 6.66. The van der Waals surface area contributed by atoms with Crippen molar-refractivity contribution >= 4 is 44.8 Å². The summed E-state index contributed by atoms with van der Waals surface area (Å²) in [7, 11) is 0. The van der Waals surface area contributed by atoms with E-state index in [9.17, 15) is 14.4 Å². The monoisotopic (exact) mass is 506 g/mol. The summed E-state index contributed by atoms with van der Waals surface area (Å²) in [6.07, 6.45) is 7.94. The van der Waals surface area contributed by atoms with E-state index in [-0.39, 0.29) is 29.5 Å². The van der Waals surface area contributed by atoms with Gasteiger partial charge in [0.2, 0.25) is 0 Å². The van der Waals surface area contributed by atoms with Crippen LogP contribution in [0.5, 0.6) is 0 Å². The van der Waals surface area contributed by atoms with Gasteiger partial charge in [-0.05, 0) is 60.7 Å². The number of amides is 2. The number of benzene rings is 2. The minimum absolute atomic E-state index is 0.138. The SMILES string of the molecule is O=C(N[C@H]1CCCC[C@H]1NC(=O)c1cc2ccc(Cl)cc2s1)c1ccc(-n2ccncc2=O)cc1. The van der Waals surface area contributed by atoms with Crippen molar-refractivity contribution in [2.75, 3.05) is 0 Å². The van der Waals surface area contributed by atoms with Crippen LogP contribution in [0, 0.1) is 0 Å². The van der Waals surface area contributed by atoms with E-state index >= 15 is 0 Å². The maximum Gasteiger partial charge on any atom is 0.273 e. The molecule has 2 aromatic heterocycles. The lowest BCUT2D eigenvalue weighted by Gasteiger charge is -2.32. The zero-order valence-corrected chi connectivity index (χ0v) is 20.3. The molecule has 2 aromatic carbocycles. The molecule has 0 saturated heterocycles. The molecule has 0 spiro atoms. The standard InChI is InChI=1S/C26H23ClN4O3S/c27-18-8-5-17-13-23(35-22(17)14-18)26(34)30-21-4-2-1-3-20(21)29-25(33)16-6-9-19(10-7-16)31-12-11-28-15-24(31)32/h5-15,20-21H,1-4H2,(H,29,33)(H,30,34)/t20-,21+/m0/s1. The highest BCUT2D eigenvalue weighted by molar-refractivity contribution is 7.20. The van der Waals surface area contributed by atoms with Crippen LogP contribution in [0.3, 0.4) is 0 Å². The Bertz CT molecular complexity index is 1450. The molecule has 5 rings (SSSR count). The molecule has 7 nitrogen and oxygen atoms in total. The van der Waals surface area contributed by atoms with Crippen LogP contribution in [0.2, 0.25) is 5.02 Å². The number of nitrogens with zero attached hydrogens (tertiary/aromatic N) is 2. The largest absolute Gasteiger partial charge is 0.347 e. The summed E-state index contributed by atoms with van der Waals surface area (Å²) in [6.45, 7) is 0. The lowest BCUT2D eigenvalue weighted by molar-refractivity contribution is 0.0865. The highest BCUT2D eigenvalue weighted by Crippen LogP contribution is 2.29. The fraction of sp³-hybridized carbons (Fsp3) is 0.231. The van der Waals surface area contributed by atoms with Gasteiger partial charge < -0.3 is 10.6 Å². The molecule has 2 heterocycles. The summed E-state index contributed by atoms with van der Waals surface area (Å²) in [6, 6.07) is 14.0. The number of hydrogen-bond acceptors (Lipinski definition) is 5. The van der Waals surface area contributed by atoms with Crippen LogP contribution < -0.4 is 16.2 Å². The van der Waals surface area contributed by atoms with E-state index in [0.717, 1.165) is 35.8 Å². The highest BCUT2D eigenvalue weighted by atomic mass is 35.5. The van der Waals surface area contributed by atoms with Crippen LogP contribution in [-0.2, 0) is 0 Å². The predicted octanol–water partition coefficient (Wildman–Crippen LogP) is 4.57. The second-order valence-corrected chi connectivity index (χ2v) is 10.1. The van der Waals surface area contributed by atoms with Crippen molar-refractivity contribution in [3.05, 3.63) is 92.9 Å². The van der Waals surface area contributed by atoms with E-state index in [2.05, 4.69) is 15.6 Å². The molecular weight excluding hydrogens is 484 g/mol. The van der Waals surface area contributed by atoms with Gasteiger partial charge >= 0.3 is 0 Å². The maximum absolute atomic E-state index is 13.0. The zero-order valence-electron chi connectivity index (χ0n) is 18.7. The normalized spacial score (nSPS) is 17.7. The predicted molar refractivity (Wildman–Crippen MR) is 138 cm³/mol. The molecule has 2 amide bonds. The van der Waals surface area contributed by atoms with Crippen LogP contribution in [0.15, 0.2) is 71.9 Å². The van der Waals surface area contributed by atoms with Gasteiger partial charge in [0, 0.05) is 45.5 Å². The minimum atomic E-state index is -0.243. The smallest absolute Gasteiger partial charge is 0.273 e. The van der Waals surface area contributed by atoms with Gasteiger partial charge in [0.15, 0.2) is 0 Å². The van der Waals surface area contributed by atoms with E-state index in [1.807, 2.05) is 24.3 Å². The summed E-state index contributed by atoms with van der Waals surface area (Å²) in [4.78, 5) is 42.4. The molecule has 1 aliphatic rings. The van der Waals surface area contributed by atoms with Crippen LogP contribution >= 0.6 is 22.9 Å². The number of carbonyl (C=O) groups excluding carboxylic acids is 2. The number of aromatic nitrogens is 2. The summed E-state index contributed by atoms with van der Waals surface area (Å²) in [5, 5.41) is 7.86. The Labute approximate surface area is 210 Å². The van der Waals surface area contributed by atoms with Crippen molar-refractivity contribution in [1.82, 2.24) is 20.2 Å². The Morgan fingerprint density at radius 3 is 2.40 bits per heavy atom. The van der Waals surface area contributed by atoms with E-state index in [1.54, 1.807) is 30.5 Å². The molecule has 35 heavy (non-hydrogen) atoms. The van der Waals surface area contributed by atoms with E-state index < -0.39 is 0 Å². The number of fused-ring (bicyclic) bond motifs is 1. The molecular formula is C26H23ClN4O3S. The number of carbonyl (C=O) groups is 2. The number of hydrogen-bond donors (Lipinski definition) is 2. The molecule has 1 aliphatic carbocycles. The van der Waals surface area contributed by atoms with Gasteiger partial charge in [-0.2, -0.15) is 0 Å². The van der Waals surface area contributed by atoms with Crippen molar-refractivity contribution in [2.45, 2.75) is 37.8 Å². The fourth-order valence-corrected chi connectivity index (χ4v) is 5.66. The Balaban J connectivity index is 1.27. The molecule has 0 bridgehead atoms. The third-order valence-electron chi connectivity index (χ3n) is 6.24. The lowest BCUT2D eigenvalue weighted by atomic mass is 9.90. The zero-order chi connectivity index (χ0) is 24.4. The highest BCUT2D eigenvalue weighted by Gasteiger charge is 2.29. The van der Waals surface area contributed by atoms with E-state index in [4.69, 9.17) is 11.6 Å². The first kappa shape index (κ1) is 23.3. The Hall–Kier alpha value is -3.49. The summed E-state index contributed by atoms with van der Waals surface area (Å²) >= 11 is 7.48. The molecule has 0 radical (unpaired) electrons. The Morgan fingerprint density at radius 1 is 0.971 bits per heavy atom. The minimum Gasteiger partial charge on any atom is -0.347 e. The van der Waals surface area contributed by atoms with Gasteiger partial charge in [0.1, 0.15) is 0 Å². The first-order chi connectivity index (χ1) is 17.0. The van der Waals surface area contributed by atoms with Crippen molar-refractivity contribution in [3.63, 3.8) is 0 Å². The van der Waals surface area contributed by atoms with Gasteiger partial charge in [-0.3, -0.25) is 23.9 Å². The van der Waals surface area contributed by atoms with Crippen LogP contribution in [-0.4, -0.2) is 33.4 Å². The average molecular weight is 507 g/mol. The number of thiophene rings is 1. The molecule has 1 fully saturated rings. The second kappa shape index (κ2) is 10.0. The van der Waals surface area contributed by atoms with Gasteiger partial charge in [0.25, 0.3) is 17.4 Å². The second-order valence-electron chi connectivity index (χ2n) is 8.57. The molecule has 1 saturated carbocycles. The van der Waals surface area contributed by atoms with Crippen molar-refractivity contribution < 1.29 is 9.59 Å². The molecule has 2 N–H and O–H groups in total. The quantitative estimate of drug-likeness (QED) is 0.414. The van der Waals surface area contributed by atoms with Gasteiger partial charge in [0.05, 0.1) is 11.1 Å². The molecule has 2 atom stereocenters. The van der Waals surface area contributed by atoms with Crippen molar-refractivity contribution in [2.24, 2.45) is 0 Å². The number of rotatable bonds is 5. The third-order valence-corrected chi connectivity index (χ3v) is 7.57. The molecule has 9 heteroatoms. The van der Waals surface area contributed by atoms with Crippen LogP contribution in [0.1, 0.15) is 45.7 Å². The summed E-state index contributed by atoms with van der Waals surface area (Å²) < 4.78 is 2.43. The molecule has 0 unspecified atom stereocenters. The fourth-order valence-electron chi connectivity index (χ4n) is 4.42. The molecule has 178 valence electrons. The van der Waals surface area contributed by atoms with Gasteiger partial charge in [-0.1, -0.05) is 30.5 Å². The molecule has 4 aromatic rings. The number of halogens is 1. The average Bonchev–Trinajstić information content (AvgIpc) is 3.29. The maximum atomic E-state index is 13.0. The van der Waals surface area contributed by atoms with E-state index in [0.29, 0.717) is 21.2 Å². The first-order valence-electron chi connectivity index (χ1n) is 11.4. The number of nitrogens with one attached hydrogen (secondary N) is 2. The first-order valence-corrected chi connectivity index (χ1v) is 12.6. The van der Waals surface area contributed by atoms with E-state index in [1.165, 1.54) is 28.3 Å². The van der Waals surface area contributed by atoms with Crippen LogP contribution in [0.25, 0.3) is 15.8 Å². The van der Waals surface area contributed by atoms with Crippen LogP contribution in [0.4, 0.5) is 0 Å².